The average Bonchev–Trinajstić information content (AvgIpc) is 1.82. The number of carbonyl (C=O) groups is 1. The van der Waals surface area contributed by atoms with E-state index >= 15 is 0 Å². The smallest absolute Gasteiger partial charge is 0.246 e. The first-order chi connectivity index (χ1) is 4.66. The highest BCUT2D eigenvalue weighted by Crippen LogP contribution is 1.78. The molecule has 0 aromatic heterocycles. The summed E-state index contributed by atoms with van der Waals surface area (Å²) in [7, 11) is 0. The van der Waals surface area contributed by atoms with Gasteiger partial charge >= 0.3 is 0 Å². The van der Waals surface area contributed by atoms with E-state index in [9.17, 15) is 4.79 Å². The Morgan fingerprint density at radius 3 is 2.60 bits per heavy atom. The molecule has 0 aliphatic carbocycles. The van der Waals surface area contributed by atoms with Crippen molar-refractivity contribution in [3.05, 3.63) is 0 Å². The molecular formula is C7H15NO2. The van der Waals surface area contributed by atoms with Crippen molar-refractivity contribution < 1.29 is 9.53 Å². The van der Waals surface area contributed by atoms with Crippen molar-refractivity contribution in [3.8, 4) is 0 Å². The predicted molar refractivity (Wildman–Crippen MR) is 39.8 cm³/mol. The third-order valence-electron chi connectivity index (χ3n) is 0.887. The van der Waals surface area contributed by atoms with Crippen molar-refractivity contribution in [1.29, 1.82) is 0 Å². The lowest BCUT2D eigenvalue weighted by Crippen LogP contribution is -2.33. The first kappa shape index (κ1) is 9.43. The maximum Gasteiger partial charge on any atom is 0.246 e. The molecule has 3 nitrogen and oxygen atoms in total. The van der Waals surface area contributed by atoms with Crippen LogP contribution in [0.25, 0.3) is 0 Å². The summed E-state index contributed by atoms with van der Waals surface area (Å²) in [6, 6.07) is 0.202. The Hall–Kier alpha value is -0.570. The highest BCUT2D eigenvalue weighted by molar-refractivity contribution is 5.77. The second kappa shape index (κ2) is 5.23. The average molecular weight is 145 g/mol. The fourth-order valence-electron chi connectivity index (χ4n) is 0.558. The molecular weight excluding hydrogens is 130 g/mol. The summed E-state index contributed by atoms with van der Waals surface area (Å²) in [5, 5.41) is 2.71. The fourth-order valence-corrected chi connectivity index (χ4v) is 0.558. The van der Waals surface area contributed by atoms with Crippen LogP contribution in [0.1, 0.15) is 20.8 Å². The first-order valence-electron chi connectivity index (χ1n) is 3.54. The number of ether oxygens (including phenoxy) is 1. The molecule has 0 aliphatic heterocycles. The summed E-state index contributed by atoms with van der Waals surface area (Å²) in [6.07, 6.45) is 0. The minimum atomic E-state index is -0.0446. The standard InChI is InChI=1S/C7H15NO2/c1-4-10-5-7(9)8-6(2)3/h6H,4-5H2,1-3H3,(H,8,9). The maximum atomic E-state index is 10.8. The van der Waals surface area contributed by atoms with Gasteiger partial charge in [-0.3, -0.25) is 4.79 Å². The Morgan fingerprint density at radius 2 is 2.20 bits per heavy atom. The van der Waals surface area contributed by atoms with Crippen LogP contribution < -0.4 is 5.32 Å². The van der Waals surface area contributed by atoms with E-state index < -0.39 is 0 Å². The highest BCUT2D eigenvalue weighted by Gasteiger charge is 2.00. The van der Waals surface area contributed by atoms with E-state index in [1.165, 1.54) is 0 Å². The molecule has 1 N–H and O–H groups in total. The molecule has 60 valence electrons. The van der Waals surface area contributed by atoms with Crippen LogP contribution >= 0.6 is 0 Å². The van der Waals surface area contributed by atoms with Crippen molar-refractivity contribution in [2.45, 2.75) is 26.8 Å². The summed E-state index contributed by atoms with van der Waals surface area (Å²) in [6.45, 7) is 6.47. The maximum absolute atomic E-state index is 10.8. The monoisotopic (exact) mass is 145 g/mol. The number of carbonyl (C=O) groups excluding carboxylic acids is 1. The molecule has 0 aromatic rings. The van der Waals surface area contributed by atoms with Gasteiger partial charge in [-0.25, -0.2) is 0 Å². The van der Waals surface area contributed by atoms with E-state index in [4.69, 9.17) is 4.74 Å². The molecule has 0 spiro atoms. The SMILES string of the molecule is CCOCC(=O)NC(C)C. The minimum Gasteiger partial charge on any atom is -0.372 e. The fraction of sp³-hybridized carbons (Fsp3) is 0.857. The van der Waals surface area contributed by atoms with Crippen LogP contribution in [-0.4, -0.2) is 25.2 Å². The number of hydrogen-bond acceptors (Lipinski definition) is 2. The molecule has 0 rings (SSSR count). The molecule has 0 aliphatic rings. The summed E-state index contributed by atoms with van der Waals surface area (Å²) in [4.78, 5) is 10.8. The van der Waals surface area contributed by atoms with E-state index in [1.54, 1.807) is 0 Å². The van der Waals surface area contributed by atoms with Crippen LogP contribution in [0.5, 0.6) is 0 Å². The van der Waals surface area contributed by atoms with Gasteiger partial charge in [-0.1, -0.05) is 0 Å². The summed E-state index contributed by atoms with van der Waals surface area (Å²) < 4.78 is 4.88. The molecule has 3 heteroatoms. The Labute approximate surface area is 61.8 Å². The van der Waals surface area contributed by atoms with Crippen molar-refractivity contribution in [3.63, 3.8) is 0 Å². The van der Waals surface area contributed by atoms with Crippen LogP contribution in [0.4, 0.5) is 0 Å². The second-order valence-electron chi connectivity index (χ2n) is 2.36. The molecule has 10 heavy (non-hydrogen) atoms. The van der Waals surface area contributed by atoms with Crippen molar-refractivity contribution in [2.24, 2.45) is 0 Å². The molecule has 0 atom stereocenters. The van der Waals surface area contributed by atoms with Gasteiger partial charge < -0.3 is 10.1 Å². The minimum absolute atomic E-state index is 0.0446. The largest absolute Gasteiger partial charge is 0.372 e. The zero-order valence-electron chi connectivity index (χ0n) is 6.81. The third-order valence-corrected chi connectivity index (χ3v) is 0.887. The van der Waals surface area contributed by atoms with Gasteiger partial charge in [-0.15, -0.1) is 0 Å². The van der Waals surface area contributed by atoms with Gasteiger partial charge in [-0.2, -0.15) is 0 Å². The molecule has 0 aromatic carbocycles. The number of amides is 1. The molecule has 0 heterocycles. The van der Waals surface area contributed by atoms with Gasteiger partial charge in [-0.05, 0) is 20.8 Å². The van der Waals surface area contributed by atoms with Crippen LogP contribution in [0.3, 0.4) is 0 Å². The Morgan fingerprint density at radius 1 is 1.60 bits per heavy atom. The summed E-state index contributed by atoms with van der Waals surface area (Å²) in [5.41, 5.74) is 0. The van der Waals surface area contributed by atoms with Crippen molar-refractivity contribution in [1.82, 2.24) is 5.32 Å². The molecule has 1 amide bonds. The topological polar surface area (TPSA) is 38.3 Å². The quantitative estimate of drug-likeness (QED) is 0.627. The Kier molecular flexibility index (Phi) is 4.94. The van der Waals surface area contributed by atoms with E-state index in [2.05, 4.69) is 5.32 Å². The molecule has 0 fully saturated rings. The van der Waals surface area contributed by atoms with Gasteiger partial charge in [0.05, 0.1) is 0 Å². The van der Waals surface area contributed by atoms with E-state index in [1.807, 2.05) is 20.8 Å². The van der Waals surface area contributed by atoms with Crippen LogP contribution in [-0.2, 0) is 9.53 Å². The van der Waals surface area contributed by atoms with Crippen molar-refractivity contribution in [2.75, 3.05) is 13.2 Å². The number of hydrogen-bond donors (Lipinski definition) is 1. The predicted octanol–water partition coefficient (Wildman–Crippen LogP) is 0.547. The Bertz CT molecular complexity index is 102. The number of rotatable bonds is 4. The van der Waals surface area contributed by atoms with E-state index in [0.717, 1.165) is 0 Å². The van der Waals surface area contributed by atoms with Crippen LogP contribution in [0.15, 0.2) is 0 Å². The van der Waals surface area contributed by atoms with Crippen LogP contribution in [0, 0.1) is 0 Å². The first-order valence-corrected chi connectivity index (χ1v) is 3.54. The lowest BCUT2D eigenvalue weighted by atomic mass is 10.4. The van der Waals surface area contributed by atoms with Crippen molar-refractivity contribution >= 4 is 5.91 Å². The normalized spacial score (nSPS) is 10.0. The van der Waals surface area contributed by atoms with E-state index in [-0.39, 0.29) is 18.6 Å². The zero-order chi connectivity index (χ0) is 7.98. The van der Waals surface area contributed by atoms with E-state index in [0.29, 0.717) is 6.61 Å². The van der Waals surface area contributed by atoms with Crippen LogP contribution in [0.2, 0.25) is 0 Å². The summed E-state index contributed by atoms with van der Waals surface area (Å²) in [5.74, 6) is -0.0446. The van der Waals surface area contributed by atoms with Gasteiger partial charge in [0.15, 0.2) is 0 Å². The summed E-state index contributed by atoms with van der Waals surface area (Å²) >= 11 is 0. The second-order valence-corrected chi connectivity index (χ2v) is 2.36. The molecule has 0 saturated heterocycles. The number of nitrogens with one attached hydrogen (secondary N) is 1. The van der Waals surface area contributed by atoms with Gasteiger partial charge in [0.2, 0.25) is 5.91 Å². The van der Waals surface area contributed by atoms with Gasteiger partial charge in [0.25, 0.3) is 0 Å². The lowest BCUT2D eigenvalue weighted by molar-refractivity contribution is -0.126. The highest BCUT2D eigenvalue weighted by atomic mass is 16.5. The zero-order valence-corrected chi connectivity index (χ0v) is 6.81. The molecule has 0 bridgehead atoms. The molecule has 0 saturated carbocycles. The van der Waals surface area contributed by atoms with Gasteiger partial charge in [0, 0.05) is 12.6 Å². The molecule has 0 unspecified atom stereocenters. The van der Waals surface area contributed by atoms with Gasteiger partial charge in [0.1, 0.15) is 6.61 Å². The third kappa shape index (κ3) is 5.56. The lowest BCUT2D eigenvalue weighted by Gasteiger charge is -2.07. The molecule has 0 radical (unpaired) electrons. The Balaban J connectivity index is 3.26.